The van der Waals surface area contributed by atoms with E-state index in [0.29, 0.717) is 18.5 Å². The highest BCUT2D eigenvalue weighted by atomic mass is 19.2. The van der Waals surface area contributed by atoms with Crippen LogP contribution in [0.25, 0.3) is 0 Å². The summed E-state index contributed by atoms with van der Waals surface area (Å²) >= 11 is 0. The Morgan fingerprint density at radius 3 is 2.67 bits per heavy atom. The van der Waals surface area contributed by atoms with Crippen LogP contribution < -0.4 is 5.32 Å². The quantitative estimate of drug-likeness (QED) is 0.893. The van der Waals surface area contributed by atoms with Crippen LogP contribution in [0.5, 0.6) is 0 Å². The first-order valence-corrected chi connectivity index (χ1v) is 6.42. The van der Waals surface area contributed by atoms with Gasteiger partial charge in [0.25, 0.3) is 0 Å². The molecule has 2 rings (SSSR count). The Bertz CT molecular complexity index is 391. The SMILES string of the molecule is CC(NCc1ccc(F)c(F)c1)C1CCOCC1. The molecular weight excluding hydrogens is 236 g/mol. The molecule has 0 amide bonds. The maximum atomic E-state index is 13.0. The zero-order valence-corrected chi connectivity index (χ0v) is 10.6. The normalized spacial score (nSPS) is 18.8. The molecule has 0 radical (unpaired) electrons. The van der Waals surface area contributed by atoms with E-state index >= 15 is 0 Å². The monoisotopic (exact) mass is 255 g/mol. The highest BCUT2D eigenvalue weighted by Crippen LogP contribution is 2.19. The Morgan fingerprint density at radius 1 is 1.28 bits per heavy atom. The third-order valence-electron chi connectivity index (χ3n) is 3.59. The van der Waals surface area contributed by atoms with Gasteiger partial charge >= 0.3 is 0 Å². The summed E-state index contributed by atoms with van der Waals surface area (Å²) in [4.78, 5) is 0. The Labute approximate surface area is 106 Å². The van der Waals surface area contributed by atoms with Gasteiger partial charge in [-0.15, -0.1) is 0 Å². The maximum Gasteiger partial charge on any atom is 0.159 e. The van der Waals surface area contributed by atoms with Crippen LogP contribution in [0.3, 0.4) is 0 Å². The van der Waals surface area contributed by atoms with Gasteiger partial charge in [-0.1, -0.05) is 6.07 Å². The first kappa shape index (κ1) is 13.4. The first-order valence-electron chi connectivity index (χ1n) is 6.42. The molecule has 2 nitrogen and oxygen atoms in total. The predicted molar refractivity (Wildman–Crippen MR) is 66.2 cm³/mol. The maximum absolute atomic E-state index is 13.0. The molecule has 0 spiro atoms. The van der Waals surface area contributed by atoms with E-state index in [1.165, 1.54) is 12.1 Å². The molecule has 1 aromatic carbocycles. The molecular formula is C14H19F2NO. The molecule has 0 aliphatic carbocycles. The van der Waals surface area contributed by atoms with Gasteiger partial charge < -0.3 is 10.1 Å². The van der Waals surface area contributed by atoms with Gasteiger partial charge in [0.1, 0.15) is 0 Å². The van der Waals surface area contributed by atoms with Crippen molar-refractivity contribution in [3.8, 4) is 0 Å². The molecule has 1 heterocycles. The highest BCUT2D eigenvalue weighted by molar-refractivity contribution is 5.17. The van der Waals surface area contributed by atoms with Crippen LogP contribution in [0.15, 0.2) is 18.2 Å². The molecule has 1 fully saturated rings. The van der Waals surface area contributed by atoms with E-state index in [9.17, 15) is 8.78 Å². The molecule has 18 heavy (non-hydrogen) atoms. The number of halogens is 2. The summed E-state index contributed by atoms with van der Waals surface area (Å²) in [5.41, 5.74) is 0.771. The van der Waals surface area contributed by atoms with Crippen LogP contribution in [0.1, 0.15) is 25.3 Å². The van der Waals surface area contributed by atoms with Crippen molar-refractivity contribution in [2.45, 2.75) is 32.4 Å². The smallest absolute Gasteiger partial charge is 0.159 e. The van der Waals surface area contributed by atoms with E-state index in [-0.39, 0.29) is 0 Å². The standard InChI is InChI=1S/C14H19F2NO/c1-10(12-4-6-18-7-5-12)17-9-11-2-3-13(15)14(16)8-11/h2-3,8,10,12,17H,4-7,9H2,1H3. The minimum absolute atomic E-state index is 0.363. The van der Waals surface area contributed by atoms with Crippen LogP contribution in [0.4, 0.5) is 8.78 Å². The molecule has 1 unspecified atom stereocenters. The molecule has 1 aliphatic heterocycles. The third kappa shape index (κ3) is 3.50. The van der Waals surface area contributed by atoms with Crippen LogP contribution in [0.2, 0.25) is 0 Å². The van der Waals surface area contributed by atoms with Gasteiger partial charge in [0.05, 0.1) is 0 Å². The summed E-state index contributed by atoms with van der Waals surface area (Å²) in [6.07, 6.45) is 2.12. The molecule has 1 saturated heterocycles. The second-order valence-corrected chi connectivity index (χ2v) is 4.87. The minimum Gasteiger partial charge on any atom is -0.381 e. The van der Waals surface area contributed by atoms with Gasteiger partial charge in [-0.05, 0) is 43.4 Å². The zero-order chi connectivity index (χ0) is 13.0. The number of hydrogen-bond donors (Lipinski definition) is 1. The second kappa shape index (κ2) is 6.25. The Morgan fingerprint density at radius 2 is 2.00 bits per heavy atom. The summed E-state index contributed by atoms with van der Waals surface area (Å²) < 4.78 is 31.1. The topological polar surface area (TPSA) is 21.3 Å². The number of benzene rings is 1. The van der Waals surface area contributed by atoms with E-state index in [2.05, 4.69) is 12.2 Å². The van der Waals surface area contributed by atoms with Crippen molar-refractivity contribution >= 4 is 0 Å². The zero-order valence-electron chi connectivity index (χ0n) is 10.6. The van der Waals surface area contributed by atoms with Gasteiger partial charge in [-0.3, -0.25) is 0 Å². The van der Waals surface area contributed by atoms with Gasteiger partial charge in [-0.25, -0.2) is 8.78 Å². The van der Waals surface area contributed by atoms with E-state index < -0.39 is 11.6 Å². The lowest BCUT2D eigenvalue weighted by Crippen LogP contribution is -2.36. The predicted octanol–water partition coefficient (Wildman–Crippen LogP) is 2.87. The van der Waals surface area contributed by atoms with Crippen LogP contribution in [-0.4, -0.2) is 19.3 Å². The molecule has 0 aromatic heterocycles. The molecule has 1 aromatic rings. The van der Waals surface area contributed by atoms with Crippen LogP contribution in [-0.2, 0) is 11.3 Å². The van der Waals surface area contributed by atoms with E-state index in [0.717, 1.165) is 31.6 Å². The highest BCUT2D eigenvalue weighted by Gasteiger charge is 2.19. The minimum atomic E-state index is -0.795. The third-order valence-corrected chi connectivity index (χ3v) is 3.59. The van der Waals surface area contributed by atoms with Crippen molar-refractivity contribution in [2.24, 2.45) is 5.92 Å². The summed E-state index contributed by atoms with van der Waals surface area (Å²) in [5, 5.41) is 3.37. The van der Waals surface area contributed by atoms with Gasteiger partial charge in [0.15, 0.2) is 11.6 Å². The average Bonchev–Trinajstić information content (AvgIpc) is 2.41. The molecule has 4 heteroatoms. The lowest BCUT2D eigenvalue weighted by Gasteiger charge is -2.28. The lowest BCUT2D eigenvalue weighted by molar-refractivity contribution is 0.0558. The number of rotatable bonds is 4. The fourth-order valence-electron chi connectivity index (χ4n) is 2.31. The largest absolute Gasteiger partial charge is 0.381 e. The van der Waals surface area contributed by atoms with Crippen molar-refractivity contribution in [2.75, 3.05) is 13.2 Å². The summed E-state index contributed by atoms with van der Waals surface area (Å²) in [6, 6.07) is 4.40. The summed E-state index contributed by atoms with van der Waals surface area (Å²) in [5.74, 6) is -0.978. The van der Waals surface area contributed by atoms with Gasteiger partial charge in [-0.2, -0.15) is 0 Å². The fraction of sp³-hybridized carbons (Fsp3) is 0.571. The molecule has 0 saturated carbocycles. The van der Waals surface area contributed by atoms with Crippen molar-refractivity contribution in [3.63, 3.8) is 0 Å². The number of hydrogen-bond acceptors (Lipinski definition) is 2. The summed E-state index contributed by atoms with van der Waals surface area (Å²) in [7, 11) is 0. The average molecular weight is 255 g/mol. The first-order chi connectivity index (χ1) is 8.66. The van der Waals surface area contributed by atoms with Crippen molar-refractivity contribution in [1.29, 1.82) is 0 Å². The molecule has 1 aliphatic rings. The van der Waals surface area contributed by atoms with Gasteiger partial charge in [0, 0.05) is 25.8 Å². The molecule has 100 valence electrons. The molecule has 0 bridgehead atoms. The number of ether oxygens (including phenoxy) is 1. The van der Waals surface area contributed by atoms with Crippen molar-refractivity contribution in [1.82, 2.24) is 5.32 Å². The van der Waals surface area contributed by atoms with Crippen LogP contribution >= 0.6 is 0 Å². The van der Waals surface area contributed by atoms with Gasteiger partial charge in [0.2, 0.25) is 0 Å². The summed E-state index contributed by atoms with van der Waals surface area (Å²) in [6.45, 7) is 4.34. The lowest BCUT2D eigenvalue weighted by atomic mass is 9.93. The second-order valence-electron chi connectivity index (χ2n) is 4.87. The van der Waals surface area contributed by atoms with Crippen molar-refractivity contribution < 1.29 is 13.5 Å². The Kier molecular flexibility index (Phi) is 4.66. The molecule has 1 atom stereocenters. The van der Waals surface area contributed by atoms with E-state index in [1.807, 2.05) is 0 Å². The molecule has 1 N–H and O–H groups in total. The number of nitrogens with one attached hydrogen (secondary N) is 1. The van der Waals surface area contributed by atoms with Crippen LogP contribution in [0, 0.1) is 17.6 Å². The fourth-order valence-corrected chi connectivity index (χ4v) is 2.31. The Hall–Kier alpha value is -1.00. The van der Waals surface area contributed by atoms with Crippen molar-refractivity contribution in [3.05, 3.63) is 35.4 Å². The Balaban J connectivity index is 1.84. The van der Waals surface area contributed by atoms with E-state index in [4.69, 9.17) is 4.74 Å². The van der Waals surface area contributed by atoms with E-state index in [1.54, 1.807) is 6.07 Å².